The molecule has 2 aromatic rings. The maximum atomic E-state index is 13.6. The molecule has 0 spiro atoms. The van der Waals surface area contributed by atoms with Crippen LogP contribution in [-0.4, -0.2) is 41.4 Å². The van der Waals surface area contributed by atoms with Crippen molar-refractivity contribution in [1.82, 2.24) is 9.80 Å². The number of hydrogen-bond acceptors (Lipinski definition) is 2. The fourth-order valence-corrected chi connectivity index (χ4v) is 4.30. The highest BCUT2D eigenvalue weighted by Crippen LogP contribution is 2.23. The molecule has 0 saturated carbocycles. The van der Waals surface area contributed by atoms with Gasteiger partial charge in [0.05, 0.1) is 0 Å². The Labute approximate surface area is 201 Å². The van der Waals surface area contributed by atoms with Gasteiger partial charge in [-0.3, -0.25) is 4.79 Å². The Bertz CT molecular complexity index is 926. The number of nitrogens with zero attached hydrogens (tertiary/aromatic N) is 2. The quantitative estimate of drug-likeness (QED) is 0.446. The van der Waals surface area contributed by atoms with Crippen molar-refractivity contribution < 1.29 is 4.79 Å². The summed E-state index contributed by atoms with van der Waals surface area (Å²) in [6.45, 7) is 12.7. The van der Waals surface area contributed by atoms with Crippen molar-refractivity contribution in [3.8, 4) is 11.8 Å². The van der Waals surface area contributed by atoms with Gasteiger partial charge >= 0.3 is 0 Å². The lowest BCUT2D eigenvalue weighted by Gasteiger charge is -2.39. The summed E-state index contributed by atoms with van der Waals surface area (Å²) in [6.07, 6.45) is 5.32. The van der Waals surface area contributed by atoms with Crippen molar-refractivity contribution >= 4 is 5.91 Å². The Kier molecular flexibility index (Phi) is 9.58. The van der Waals surface area contributed by atoms with Gasteiger partial charge in [-0.05, 0) is 74.9 Å². The highest BCUT2D eigenvalue weighted by Gasteiger charge is 2.28. The second kappa shape index (κ2) is 12.6. The molecule has 1 aliphatic heterocycles. The lowest BCUT2D eigenvalue weighted by molar-refractivity contribution is 0.0546. The van der Waals surface area contributed by atoms with Crippen molar-refractivity contribution in [2.24, 2.45) is 5.92 Å². The summed E-state index contributed by atoms with van der Waals surface area (Å²) in [5.41, 5.74) is 4.17. The molecular formula is C30H40N2O. The molecule has 33 heavy (non-hydrogen) atoms. The molecule has 0 N–H and O–H groups in total. The van der Waals surface area contributed by atoms with Crippen molar-refractivity contribution in [3.63, 3.8) is 0 Å². The molecule has 3 rings (SSSR count). The highest BCUT2D eigenvalue weighted by molar-refractivity contribution is 5.94. The fourth-order valence-electron chi connectivity index (χ4n) is 4.30. The molecule has 0 aromatic heterocycles. The third-order valence-corrected chi connectivity index (χ3v) is 6.49. The predicted octanol–water partition coefficient (Wildman–Crippen LogP) is 6.30. The van der Waals surface area contributed by atoms with Gasteiger partial charge in [0, 0.05) is 43.2 Å². The zero-order chi connectivity index (χ0) is 23.6. The van der Waals surface area contributed by atoms with Gasteiger partial charge in [-0.25, -0.2) is 0 Å². The molecule has 1 amide bonds. The maximum Gasteiger partial charge on any atom is 0.254 e. The number of rotatable bonds is 8. The zero-order valence-electron chi connectivity index (χ0n) is 20.9. The van der Waals surface area contributed by atoms with E-state index in [0.29, 0.717) is 6.54 Å². The molecule has 0 bridgehead atoms. The number of amides is 1. The van der Waals surface area contributed by atoms with Gasteiger partial charge in [-0.2, -0.15) is 0 Å². The Hall–Kier alpha value is -2.57. The first-order valence-corrected chi connectivity index (χ1v) is 12.6. The van der Waals surface area contributed by atoms with E-state index < -0.39 is 0 Å². The van der Waals surface area contributed by atoms with Crippen molar-refractivity contribution in [2.45, 2.75) is 72.4 Å². The Morgan fingerprint density at radius 1 is 1.06 bits per heavy atom. The van der Waals surface area contributed by atoms with Gasteiger partial charge < -0.3 is 9.80 Å². The molecular weight excluding hydrogens is 404 g/mol. The predicted molar refractivity (Wildman–Crippen MR) is 138 cm³/mol. The van der Waals surface area contributed by atoms with E-state index in [-0.39, 0.29) is 11.9 Å². The molecule has 1 saturated heterocycles. The van der Waals surface area contributed by atoms with E-state index in [1.54, 1.807) is 0 Å². The van der Waals surface area contributed by atoms with Crippen LogP contribution in [-0.2, 0) is 6.54 Å². The molecule has 1 fully saturated rings. The number of carbonyl (C=O) groups excluding carboxylic acids is 1. The molecule has 1 aliphatic rings. The number of likely N-dealkylation sites (tertiary alicyclic amines) is 1. The second-order valence-corrected chi connectivity index (χ2v) is 9.80. The van der Waals surface area contributed by atoms with E-state index in [2.05, 4.69) is 73.6 Å². The summed E-state index contributed by atoms with van der Waals surface area (Å²) in [7, 11) is 0. The van der Waals surface area contributed by atoms with E-state index >= 15 is 0 Å². The van der Waals surface area contributed by atoms with Crippen molar-refractivity contribution in [2.75, 3.05) is 19.6 Å². The van der Waals surface area contributed by atoms with Crippen LogP contribution in [0.3, 0.4) is 0 Å². The molecule has 0 aliphatic carbocycles. The van der Waals surface area contributed by atoms with Gasteiger partial charge in [0.2, 0.25) is 0 Å². The molecule has 2 aromatic carbocycles. The van der Waals surface area contributed by atoms with E-state index in [0.717, 1.165) is 62.4 Å². The van der Waals surface area contributed by atoms with E-state index in [4.69, 9.17) is 0 Å². The third-order valence-electron chi connectivity index (χ3n) is 6.49. The number of piperidine rings is 1. The minimum atomic E-state index is 0.141. The first kappa shape index (κ1) is 25.1. The summed E-state index contributed by atoms with van der Waals surface area (Å²) in [5.74, 6) is 7.32. The lowest BCUT2D eigenvalue weighted by Crippen LogP contribution is -2.47. The number of aryl methyl sites for hydroxylation is 1. The van der Waals surface area contributed by atoms with Crippen molar-refractivity contribution in [1.29, 1.82) is 0 Å². The molecule has 0 unspecified atom stereocenters. The standard InChI is InChI=1S/C30H40N2O/c1-5-6-7-8-26-11-13-27(14-12-26)23-32(30(33)28-15-9-25(4)10-16-28)29-18-21-31(22-19-29)20-17-24(2)3/h9-16,24,29H,5-6,17-23H2,1-4H3. The molecule has 176 valence electrons. The summed E-state index contributed by atoms with van der Waals surface area (Å²) in [6, 6.07) is 16.7. The lowest BCUT2D eigenvalue weighted by atomic mass is 9.99. The fraction of sp³-hybridized carbons (Fsp3) is 0.500. The van der Waals surface area contributed by atoms with Crippen LogP contribution in [0.25, 0.3) is 0 Å². The van der Waals surface area contributed by atoms with E-state index in [9.17, 15) is 4.79 Å². The summed E-state index contributed by atoms with van der Waals surface area (Å²) in [4.78, 5) is 18.3. The van der Waals surface area contributed by atoms with Crippen LogP contribution in [0.5, 0.6) is 0 Å². The summed E-state index contributed by atoms with van der Waals surface area (Å²) >= 11 is 0. The van der Waals surface area contributed by atoms with Crippen LogP contribution in [0.15, 0.2) is 48.5 Å². The zero-order valence-corrected chi connectivity index (χ0v) is 20.9. The maximum absolute atomic E-state index is 13.6. The van der Waals surface area contributed by atoms with Crippen LogP contribution in [0.4, 0.5) is 0 Å². The van der Waals surface area contributed by atoms with Crippen LogP contribution >= 0.6 is 0 Å². The summed E-state index contributed by atoms with van der Waals surface area (Å²) < 4.78 is 0. The van der Waals surface area contributed by atoms with Gasteiger partial charge in [0.15, 0.2) is 0 Å². The smallest absolute Gasteiger partial charge is 0.254 e. The van der Waals surface area contributed by atoms with Crippen LogP contribution in [0.1, 0.15) is 79.9 Å². The molecule has 3 nitrogen and oxygen atoms in total. The Balaban J connectivity index is 1.73. The average molecular weight is 445 g/mol. The number of hydrogen-bond donors (Lipinski definition) is 0. The molecule has 0 radical (unpaired) electrons. The van der Waals surface area contributed by atoms with E-state index in [1.165, 1.54) is 17.5 Å². The van der Waals surface area contributed by atoms with Crippen molar-refractivity contribution in [3.05, 3.63) is 70.8 Å². The Morgan fingerprint density at radius 3 is 2.33 bits per heavy atom. The van der Waals surface area contributed by atoms with Gasteiger partial charge in [0.25, 0.3) is 5.91 Å². The molecule has 1 heterocycles. The van der Waals surface area contributed by atoms with Crippen LogP contribution in [0, 0.1) is 24.7 Å². The van der Waals surface area contributed by atoms with Crippen LogP contribution in [0.2, 0.25) is 0 Å². The largest absolute Gasteiger partial charge is 0.331 e. The number of carbonyl (C=O) groups is 1. The van der Waals surface area contributed by atoms with Gasteiger partial charge in [0.1, 0.15) is 0 Å². The first-order valence-electron chi connectivity index (χ1n) is 12.6. The monoisotopic (exact) mass is 444 g/mol. The van der Waals surface area contributed by atoms with Crippen LogP contribution < -0.4 is 0 Å². The summed E-state index contributed by atoms with van der Waals surface area (Å²) in [5, 5.41) is 0. The molecule has 0 atom stereocenters. The average Bonchev–Trinajstić information content (AvgIpc) is 2.83. The Morgan fingerprint density at radius 2 is 1.73 bits per heavy atom. The first-order chi connectivity index (χ1) is 16.0. The minimum Gasteiger partial charge on any atom is -0.331 e. The SMILES string of the molecule is CCCC#Cc1ccc(CN(C(=O)c2ccc(C)cc2)C2CCN(CCC(C)C)CC2)cc1. The highest BCUT2D eigenvalue weighted by atomic mass is 16.2. The topological polar surface area (TPSA) is 23.6 Å². The second-order valence-electron chi connectivity index (χ2n) is 9.80. The van der Waals surface area contributed by atoms with Gasteiger partial charge in [-0.1, -0.05) is 62.4 Å². The van der Waals surface area contributed by atoms with E-state index in [1.807, 2.05) is 24.3 Å². The molecule has 3 heteroatoms. The number of benzene rings is 2. The third kappa shape index (κ3) is 7.76. The normalized spacial score (nSPS) is 14.7. The minimum absolute atomic E-state index is 0.141. The van der Waals surface area contributed by atoms with Gasteiger partial charge in [-0.15, -0.1) is 0 Å². The number of unbranched alkanes of at least 4 members (excludes halogenated alkanes) is 1.